The minimum absolute atomic E-state index is 0.0724. The Hall–Kier alpha value is -9.20. The lowest BCUT2D eigenvalue weighted by Gasteiger charge is -2.11. The van der Waals surface area contributed by atoms with Crippen LogP contribution in [0.25, 0.3) is 21.8 Å². The van der Waals surface area contributed by atoms with E-state index in [0.717, 1.165) is 74.3 Å². The molecule has 92 heavy (non-hydrogen) atoms. The quantitative estimate of drug-likeness (QED) is 0.0679. The first-order valence-corrected chi connectivity index (χ1v) is 31.5. The molecule has 0 spiro atoms. The first kappa shape index (κ1) is 71.9. The average Bonchev–Trinajstić information content (AvgIpc) is 0.843. The highest BCUT2D eigenvalue weighted by atomic mass is 79.9. The summed E-state index contributed by atoms with van der Waals surface area (Å²) in [6.07, 6.45) is 2.98. The first-order valence-electron chi connectivity index (χ1n) is 27.5. The second-order valence-corrected chi connectivity index (χ2v) is 23.7. The maximum Gasteiger partial charge on any atom is 0.280 e. The summed E-state index contributed by atoms with van der Waals surface area (Å²) in [5.41, 5.74) is 19.2. The minimum Gasteiger partial charge on any atom is -0.497 e. The fourth-order valence-electron chi connectivity index (χ4n) is 8.13. The number of nitrogens with one attached hydrogen (secondary N) is 3. The third-order valence-electron chi connectivity index (χ3n) is 13.0. The number of nitriles is 2. The number of anilines is 2. The maximum atomic E-state index is 12.6. The number of primary amides is 1. The van der Waals surface area contributed by atoms with E-state index in [1.807, 2.05) is 144 Å². The third-order valence-corrected chi connectivity index (χ3v) is 15.5. The fourth-order valence-corrected chi connectivity index (χ4v) is 9.89. The Labute approximate surface area is 572 Å². The molecule has 470 valence electrons. The summed E-state index contributed by atoms with van der Waals surface area (Å²) in [5.74, 6) is 2.41. The van der Waals surface area contributed by atoms with Gasteiger partial charge in [0.15, 0.2) is 0 Å². The van der Waals surface area contributed by atoms with Crippen molar-refractivity contribution >= 4 is 119 Å². The number of aromatic nitrogens is 4. The molecule has 9 aromatic carbocycles. The van der Waals surface area contributed by atoms with Crippen LogP contribution in [0.3, 0.4) is 0 Å². The molecule has 23 heteroatoms. The molecule has 0 saturated heterocycles. The Bertz CT molecular complexity index is 4410. The van der Waals surface area contributed by atoms with E-state index in [9.17, 15) is 18.8 Å². The van der Waals surface area contributed by atoms with Gasteiger partial charge in [-0.25, -0.2) is 9.37 Å². The molecule has 17 nitrogen and oxygen atoms in total. The van der Waals surface area contributed by atoms with Crippen molar-refractivity contribution < 1.29 is 28.1 Å². The Morgan fingerprint density at radius 2 is 0.978 bits per heavy atom. The summed E-state index contributed by atoms with van der Waals surface area (Å²) in [5, 5.41) is 25.1. The van der Waals surface area contributed by atoms with Crippen LogP contribution in [0.15, 0.2) is 233 Å². The van der Waals surface area contributed by atoms with E-state index in [4.69, 9.17) is 40.9 Å². The summed E-state index contributed by atoms with van der Waals surface area (Å²) < 4.78 is 39.2. The van der Waals surface area contributed by atoms with Crippen molar-refractivity contribution in [2.24, 2.45) is 11.5 Å². The van der Waals surface area contributed by atoms with Crippen molar-refractivity contribution in [2.45, 2.75) is 26.2 Å². The molecule has 0 bridgehead atoms. The zero-order valence-electron chi connectivity index (χ0n) is 49.9. The molecule has 2 aromatic heterocycles. The van der Waals surface area contributed by atoms with Crippen LogP contribution in [0.5, 0.6) is 23.0 Å². The van der Waals surface area contributed by atoms with Gasteiger partial charge in [0.2, 0.25) is 0 Å². The topological polar surface area (TPSA) is 258 Å². The van der Waals surface area contributed by atoms with Crippen LogP contribution < -0.4 is 52.2 Å². The Morgan fingerprint density at radius 3 is 1.48 bits per heavy atom. The number of carbonyl (C=O) groups excluding carboxylic acids is 1. The average molecular weight is 1560 g/mol. The van der Waals surface area contributed by atoms with Gasteiger partial charge in [-0.2, -0.15) is 15.5 Å². The summed E-state index contributed by atoms with van der Waals surface area (Å²) in [6.45, 7) is 2.49. The summed E-state index contributed by atoms with van der Waals surface area (Å²) in [4.78, 5) is 44.8. The lowest BCUT2D eigenvalue weighted by atomic mass is 10.1. The van der Waals surface area contributed by atoms with Gasteiger partial charge in [-0.05, 0) is 162 Å². The van der Waals surface area contributed by atoms with Crippen molar-refractivity contribution in [3.63, 3.8) is 0 Å². The molecule has 0 fully saturated rings. The van der Waals surface area contributed by atoms with Gasteiger partial charge in [0.25, 0.3) is 17.0 Å². The SMILES string of the molecule is COc1ccc(CN)cc1.COc1ccc(CNc2cc(Br)ccc2C#N)cc1.COc1ccc(CNc2cc(Br)ccc2C(N)=O)cc1.COc1ccc(Cn2cnc(=O)c3ccc(Br)cc32)cc1.N#Cc1ccc(Br)cc1F.O=c1[nH]cnc2cc(Br)ccc12. The lowest BCUT2D eigenvalue weighted by molar-refractivity contribution is 0.100. The zero-order chi connectivity index (χ0) is 66.5. The molecule has 0 atom stereocenters. The predicted octanol–water partition coefficient (Wildman–Crippen LogP) is 15.6. The van der Waals surface area contributed by atoms with Gasteiger partial charge in [-0.1, -0.05) is 128 Å². The molecule has 0 aliphatic rings. The van der Waals surface area contributed by atoms with Crippen molar-refractivity contribution in [1.82, 2.24) is 19.5 Å². The van der Waals surface area contributed by atoms with Crippen molar-refractivity contribution in [3.8, 4) is 35.1 Å². The predicted molar refractivity (Wildman–Crippen MR) is 378 cm³/mol. The van der Waals surface area contributed by atoms with E-state index in [1.54, 1.807) is 77.2 Å². The number of carbonyl (C=O) groups is 1. The van der Waals surface area contributed by atoms with Gasteiger partial charge in [0.05, 0.1) is 85.3 Å². The zero-order valence-corrected chi connectivity index (χ0v) is 57.8. The number of ether oxygens (including phenoxy) is 4. The number of nitrogens with two attached hydrogens (primary N) is 2. The monoisotopic (exact) mass is 1550 g/mol. The molecule has 0 saturated carbocycles. The smallest absolute Gasteiger partial charge is 0.280 e. The number of methoxy groups -OCH3 is 4. The molecule has 0 radical (unpaired) electrons. The highest BCUT2D eigenvalue weighted by Crippen LogP contribution is 2.25. The van der Waals surface area contributed by atoms with Crippen LogP contribution in [0, 0.1) is 28.5 Å². The molecule has 0 aliphatic heterocycles. The summed E-state index contributed by atoms with van der Waals surface area (Å²) >= 11 is 16.6. The number of amides is 1. The number of halogens is 6. The molecular formula is C69H60Br5FN10O7. The van der Waals surface area contributed by atoms with Crippen LogP contribution in [0.2, 0.25) is 0 Å². The van der Waals surface area contributed by atoms with Crippen LogP contribution in [0.1, 0.15) is 43.7 Å². The largest absolute Gasteiger partial charge is 0.497 e. The van der Waals surface area contributed by atoms with E-state index < -0.39 is 11.7 Å². The van der Waals surface area contributed by atoms with E-state index in [0.29, 0.717) is 63.8 Å². The van der Waals surface area contributed by atoms with Crippen LogP contribution >= 0.6 is 79.6 Å². The number of fused-ring (bicyclic) bond motifs is 2. The van der Waals surface area contributed by atoms with Crippen LogP contribution in [-0.2, 0) is 26.2 Å². The third kappa shape index (κ3) is 22.6. The number of rotatable bonds is 14. The van der Waals surface area contributed by atoms with Gasteiger partial charge < -0.3 is 50.6 Å². The normalized spacial score (nSPS) is 10.0. The van der Waals surface area contributed by atoms with Crippen molar-refractivity contribution in [1.29, 1.82) is 10.5 Å². The summed E-state index contributed by atoms with van der Waals surface area (Å²) in [6, 6.07) is 61.2. The van der Waals surface area contributed by atoms with Crippen molar-refractivity contribution in [3.05, 3.63) is 289 Å². The van der Waals surface area contributed by atoms with Gasteiger partial charge in [-0.15, -0.1) is 0 Å². The number of hydrogen-bond acceptors (Lipinski definition) is 14. The number of aromatic amines is 1. The number of benzene rings is 9. The lowest BCUT2D eigenvalue weighted by Crippen LogP contribution is -2.14. The minimum atomic E-state index is -0.489. The van der Waals surface area contributed by atoms with Crippen LogP contribution in [-0.4, -0.2) is 53.9 Å². The Morgan fingerprint density at radius 1 is 0.543 bits per heavy atom. The molecule has 0 aliphatic carbocycles. The molecule has 11 rings (SSSR count). The number of H-pyrrole nitrogens is 1. The first-order chi connectivity index (χ1) is 44.4. The van der Waals surface area contributed by atoms with Crippen LogP contribution in [0.4, 0.5) is 15.8 Å². The van der Waals surface area contributed by atoms with E-state index in [2.05, 4.69) is 111 Å². The maximum absolute atomic E-state index is 12.6. The van der Waals surface area contributed by atoms with Gasteiger partial charge in [0.1, 0.15) is 41.0 Å². The van der Waals surface area contributed by atoms with Gasteiger partial charge in [-0.3, -0.25) is 14.4 Å². The second kappa shape index (κ2) is 37.2. The Balaban J connectivity index is 0.000000180. The Kier molecular flexibility index (Phi) is 29.1. The number of hydrogen-bond donors (Lipinski definition) is 5. The van der Waals surface area contributed by atoms with Gasteiger partial charge in [0, 0.05) is 54.2 Å². The van der Waals surface area contributed by atoms with E-state index >= 15 is 0 Å². The molecule has 1 amide bonds. The van der Waals surface area contributed by atoms with E-state index in [1.165, 1.54) is 18.5 Å². The molecular weight excluding hydrogens is 1500 g/mol. The fraction of sp³-hybridized carbons (Fsp3) is 0.116. The van der Waals surface area contributed by atoms with Crippen molar-refractivity contribution in [2.75, 3.05) is 39.1 Å². The van der Waals surface area contributed by atoms with E-state index in [-0.39, 0.29) is 16.7 Å². The standard InChI is InChI=1S/C16H13BrN2O2.C15H15BrN2O2.C15H13BrN2O.C8H5BrN2O.C8H11NO.C7H3BrFN/c1-21-13-5-2-11(3-6-13)9-19-10-18-16(20)14-7-4-12(17)8-15(14)19;1-20-12-5-2-10(3-6-12)9-18-14-8-11(16)4-7-13(14)15(17)19;1-19-14-6-2-11(3-7-14)10-18-15-8-13(16)5-4-12(15)9-17;9-5-1-2-6-7(3-5)10-4-11-8(6)12;1-10-8-4-2-7(6-9)3-5-8;8-6-2-1-5(4-10)7(9)3-6/h2-8,10H,9H2,1H3;2-8,18H,9H2,1H3,(H2,17,19);2-8,18H,10H2,1H3;1-4H,(H,10,11,12);2-5H,6,9H2,1H3;1-3H. The molecule has 2 heterocycles. The summed E-state index contributed by atoms with van der Waals surface area (Å²) in [7, 11) is 6.57. The highest BCUT2D eigenvalue weighted by molar-refractivity contribution is 9.11. The molecule has 11 aromatic rings. The second-order valence-electron chi connectivity index (χ2n) is 19.1. The molecule has 0 unspecified atom stereocenters. The number of nitrogens with zero attached hydrogens (tertiary/aromatic N) is 5. The highest BCUT2D eigenvalue weighted by Gasteiger charge is 2.10. The molecule has 7 N–H and O–H groups in total. The van der Waals surface area contributed by atoms with Gasteiger partial charge >= 0.3 is 0 Å².